The molecule has 1 saturated heterocycles. The number of hydrogen-bond donors (Lipinski definition) is 1. The summed E-state index contributed by atoms with van der Waals surface area (Å²) in [6.07, 6.45) is 8.20. The van der Waals surface area contributed by atoms with Crippen molar-refractivity contribution in [2.24, 2.45) is 11.8 Å². The molecule has 1 N–H and O–H groups in total. The summed E-state index contributed by atoms with van der Waals surface area (Å²) in [6.45, 7) is 6.44. The van der Waals surface area contributed by atoms with Crippen molar-refractivity contribution >= 4 is 11.9 Å². The Morgan fingerprint density at radius 3 is 2.67 bits per heavy atom. The van der Waals surface area contributed by atoms with Crippen molar-refractivity contribution in [3.8, 4) is 17.1 Å². The number of nitrogens with zero attached hydrogens (tertiary/aromatic N) is 6. The molecule has 1 amide bonds. The molecular formula is C28H37FN6O4. The molecular weight excluding hydrogens is 503 g/mol. The number of piperidine rings is 1. The zero-order valence-electron chi connectivity index (χ0n) is 22.8. The molecule has 10 nitrogen and oxygen atoms in total. The molecule has 3 heterocycles. The van der Waals surface area contributed by atoms with Crippen LogP contribution < -0.4 is 9.64 Å². The Bertz CT molecular complexity index is 1210. The SMILES string of the molecule is CC(C)Cc1nc(-c2cnc(N3CCC(CCCOc4ccc(C(=O)N(C)CCO)c(F)c4)CC3)nc2)no1. The fourth-order valence-electron chi connectivity index (χ4n) is 4.60. The lowest BCUT2D eigenvalue weighted by molar-refractivity contribution is 0.0762. The lowest BCUT2D eigenvalue weighted by atomic mass is 9.92. The summed E-state index contributed by atoms with van der Waals surface area (Å²) < 4.78 is 25.5. The van der Waals surface area contributed by atoms with Crippen LogP contribution in [0.15, 0.2) is 35.1 Å². The molecule has 0 atom stereocenters. The predicted molar refractivity (Wildman–Crippen MR) is 144 cm³/mol. The van der Waals surface area contributed by atoms with Crippen molar-refractivity contribution in [2.45, 2.75) is 46.0 Å². The van der Waals surface area contributed by atoms with Gasteiger partial charge in [-0.2, -0.15) is 4.98 Å². The van der Waals surface area contributed by atoms with Gasteiger partial charge in [0.05, 0.1) is 24.3 Å². The summed E-state index contributed by atoms with van der Waals surface area (Å²) in [5, 5.41) is 13.0. The van der Waals surface area contributed by atoms with Crippen LogP contribution in [0.25, 0.3) is 11.4 Å². The molecule has 2 aromatic heterocycles. The summed E-state index contributed by atoms with van der Waals surface area (Å²) in [5.41, 5.74) is 0.705. The molecule has 1 aromatic carbocycles. The van der Waals surface area contributed by atoms with E-state index in [4.69, 9.17) is 14.4 Å². The maximum Gasteiger partial charge on any atom is 0.256 e. The highest BCUT2D eigenvalue weighted by molar-refractivity contribution is 5.94. The number of likely N-dealkylation sites (N-methyl/N-ethyl adjacent to an activating group) is 1. The number of carbonyl (C=O) groups excluding carboxylic acids is 1. The average molecular weight is 541 g/mol. The molecule has 1 aliphatic rings. The number of rotatable bonds is 12. The third-order valence-electron chi connectivity index (χ3n) is 6.82. The Balaban J connectivity index is 1.18. The first-order chi connectivity index (χ1) is 18.8. The normalized spacial score (nSPS) is 14.2. The molecule has 11 heteroatoms. The smallest absolute Gasteiger partial charge is 0.256 e. The second-order valence-electron chi connectivity index (χ2n) is 10.4. The Morgan fingerprint density at radius 1 is 1.26 bits per heavy atom. The zero-order chi connectivity index (χ0) is 27.8. The molecule has 0 saturated carbocycles. The minimum Gasteiger partial charge on any atom is -0.493 e. The highest BCUT2D eigenvalue weighted by Gasteiger charge is 2.21. The minimum atomic E-state index is -0.627. The van der Waals surface area contributed by atoms with Crippen LogP contribution in [0, 0.1) is 17.7 Å². The molecule has 1 fully saturated rings. The third kappa shape index (κ3) is 7.72. The van der Waals surface area contributed by atoms with Gasteiger partial charge in [-0.1, -0.05) is 19.0 Å². The molecule has 0 bridgehead atoms. The van der Waals surface area contributed by atoms with Crippen LogP contribution in [0.2, 0.25) is 0 Å². The molecule has 0 radical (unpaired) electrons. The second kappa shape index (κ2) is 13.5. The highest BCUT2D eigenvalue weighted by atomic mass is 19.1. The van der Waals surface area contributed by atoms with E-state index in [1.54, 1.807) is 18.5 Å². The van der Waals surface area contributed by atoms with E-state index < -0.39 is 11.7 Å². The van der Waals surface area contributed by atoms with Crippen LogP contribution in [-0.2, 0) is 6.42 Å². The van der Waals surface area contributed by atoms with Crippen molar-refractivity contribution in [2.75, 3.05) is 44.8 Å². The van der Waals surface area contributed by atoms with E-state index in [0.717, 1.165) is 50.8 Å². The molecule has 1 aliphatic heterocycles. The van der Waals surface area contributed by atoms with Gasteiger partial charge >= 0.3 is 0 Å². The Morgan fingerprint density at radius 2 is 2.00 bits per heavy atom. The predicted octanol–water partition coefficient (Wildman–Crippen LogP) is 4.00. The van der Waals surface area contributed by atoms with E-state index in [1.165, 1.54) is 24.1 Å². The van der Waals surface area contributed by atoms with Gasteiger partial charge in [0.2, 0.25) is 17.7 Å². The quantitative estimate of drug-likeness (QED) is 0.340. The summed E-state index contributed by atoms with van der Waals surface area (Å²) in [7, 11) is 1.52. The van der Waals surface area contributed by atoms with Gasteiger partial charge in [0.15, 0.2) is 0 Å². The first-order valence-electron chi connectivity index (χ1n) is 13.5. The van der Waals surface area contributed by atoms with Gasteiger partial charge in [0.1, 0.15) is 11.6 Å². The van der Waals surface area contributed by atoms with E-state index in [9.17, 15) is 9.18 Å². The van der Waals surface area contributed by atoms with Crippen LogP contribution >= 0.6 is 0 Å². The standard InChI is InChI=1S/C28H37FN6O4/c1-19(2)15-25-32-26(33-39-25)21-17-30-28(31-18-21)35-10-8-20(9-11-35)5-4-14-38-22-6-7-23(24(29)16-22)27(37)34(3)12-13-36/h6-7,16-20,36H,4-5,8-15H2,1-3H3. The monoisotopic (exact) mass is 540 g/mol. The molecule has 210 valence electrons. The van der Waals surface area contributed by atoms with E-state index in [-0.39, 0.29) is 18.7 Å². The van der Waals surface area contributed by atoms with Crippen LogP contribution in [0.3, 0.4) is 0 Å². The van der Waals surface area contributed by atoms with Crippen molar-refractivity contribution in [3.63, 3.8) is 0 Å². The number of aliphatic hydroxyl groups is 1. The largest absolute Gasteiger partial charge is 0.493 e. The third-order valence-corrected chi connectivity index (χ3v) is 6.82. The number of hydrogen-bond acceptors (Lipinski definition) is 9. The summed E-state index contributed by atoms with van der Waals surface area (Å²) in [4.78, 5) is 29.2. The van der Waals surface area contributed by atoms with E-state index in [1.807, 2.05) is 0 Å². The van der Waals surface area contributed by atoms with Crippen LogP contribution in [-0.4, -0.2) is 75.9 Å². The molecule has 0 spiro atoms. The minimum absolute atomic E-state index is 0.0331. The van der Waals surface area contributed by atoms with E-state index in [0.29, 0.717) is 41.9 Å². The molecule has 4 rings (SSSR count). The maximum atomic E-state index is 14.4. The van der Waals surface area contributed by atoms with Crippen LogP contribution in [0.1, 0.15) is 55.8 Å². The first kappa shape index (κ1) is 28.4. The Labute approximate surface area is 228 Å². The fraction of sp³-hybridized carbons (Fsp3) is 0.536. The number of aromatic nitrogens is 4. The number of carbonyl (C=O) groups is 1. The molecule has 0 aliphatic carbocycles. The topological polar surface area (TPSA) is 118 Å². The lowest BCUT2D eigenvalue weighted by Crippen LogP contribution is -2.34. The van der Waals surface area contributed by atoms with Crippen LogP contribution in [0.4, 0.5) is 10.3 Å². The van der Waals surface area contributed by atoms with Crippen molar-refractivity contribution in [1.82, 2.24) is 25.0 Å². The number of amides is 1. The summed E-state index contributed by atoms with van der Waals surface area (Å²) in [6, 6.07) is 4.28. The number of benzene rings is 1. The maximum absolute atomic E-state index is 14.4. The second-order valence-corrected chi connectivity index (χ2v) is 10.4. The van der Waals surface area contributed by atoms with Gasteiger partial charge in [-0.25, -0.2) is 14.4 Å². The Kier molecular flexibility index (Phi) is 9.80. The molecule has 0 unspecified atom stereocenters. The summed E-state index contributed by atoms with van der Waals surface area (Å²) in [5.74, 6) is 2.17. The van der Waals surface area contributed by atoms with Gasteiger partial charge in [-0.05, 0) is 49.7 Å². The molecule has 39 heavy (non-hydrogen) atoms. The number of aliphatic hydroxyl groups excluding tert-OH is 1. The summed E-state index contributed by atoms with van der Waals surface area (Å²) >= 11 is 0. The zero-order valence-corrected chi connectivity index (χ0v) is 22.8. The lowest BCUT2D eigenvalue weighted by Gasteiger charge is -2.32. The number of anilines is 1. The van der Waals surface area contributed by atoms with Crippen LogP contribution in [0.5, 0.6) is 5.75 Å². The Hall–Kier alpha value is -3.60. The fourth-order valence-corrected chi connectivity index (χ4v) is 4.60. The van der Waals surface area contributed by atoms with Gasteiger partial charge in [0.25, 0.3) is 5.91 Å². The van der Waals surface area contributed by atoms with Gasteiger partial charge in [-0.3, -0.25) is 4.79 Å². The van der Waals surface area contributed by atoms with E-state index in [2.05, 4.69) is 38.9 Å². The van der Waals surface area contributed by atoms with Gasteiger partial charge < -0.3 is 24.2 Å². The molecule has 3 aromatic rings. The van der Waals surface area contributed by atoms with Crippen molar-refractivity contribution in [3.05, 3.63) is 47.9 Å². The highest BCUT2D eigenvalue weighted by Crippen LogP contribution is 2.25. The van der Waals surface area contributed by atoms with Gasteiger partial charge in [-0.15, -0.1) is 0 Å². The number of ether oxygens (including phenoxy) is 1. The average Bonchev–Trinajstić information content (AvgIpc) is 3.39. The van der Waals surface area contributed by atoms with E-state index >= 15 is 0 Å². The number of halogens is 1. The van der Waals surface area contributed by atoms with Crippen molar-refractivity contribution < 1.29 is 23.6 Å². The van der Waals surface area contributed by atoms with Crippen molar-refractivity contribution in [1.29, 1.82) is 0 Å². The van der Waals surface area contributed by atoms with Gasteiger partial charge in [0, 0.05) is 51.6 Å². The first-order valence-corrected chi connectivity index (χ1v) is 13.5.